The van der Waals surface area contributed by atoms with E-state index in [1.165, 1.54) is 24.3 Å². The van der Waals surface area contributed by atoms with E-state index in [9.17, 15) is 18.8 Å². The Kier molecular flexibility index (Phi) is 6.50. The monoisotopic (exact) mass is 412 g/mol. The number of hydrogen-bond acceptors (Lipinski definition) is 4. The van der Waals surface area contributed by atoms with Gasteiger partial charge >= 0.3 is 5.97 Å². The van der Waals surface area contributed by atoms with Crippen LogP contribution in [0.5, 0.6) is 0 Å². The molecular formula is C23H25FN2O4. The molecule has 2 aromatic carbocycles. The molecule has 0 saturated heterocycles. The fraction of sp³-hybridized carbons (Fsp3) is 0.348. The molecule has 1 unspecified atom stereocenters. The number of anilines is 1. The molecule has 1 aliphatic heterocycles. The lowest BCUT2D eigenvalue weighted by Gasteiger charge is -2.24. The predicted molar refractivity (Wildman–Crippen MR) is 111 cm³/mol. The molecule has 0 aromatic heterocycles. The summed E-state index contributed by atoms with van der Waals surface area (Å²) in [4.78, 5) is 39.3. The first kappa shape index (κ1) is 21.5. The third-order valence-electron chi connectivity index (χ3n) is 5.13. The quantitative estimate of drug-likeness (QED) is 0.740. The largest absolute Gasteiger partial charge is 0.454 e. The van der Waals surface area contributed by atoms with E-state index in [1.54, 1.807) is 18.7 Å². The minimum absolute atomic E-state index is 0.0207. The number of esters is 1. The van der Waals surface area contributed by atoms with Crippen molar-refractivity contribution in [2.75, 3.05) is 11.5 Å². The fourth-order valence-electron chi connectivity index (χ4n) is 3.56. The Labute approximate surface area is 175 Å². The van der Waals surface area contributed by atoms with E-state index in [-0.39, 0.29) is 23.4 Å². The highest BCUT2D eigenvalue weighted by atomic mass is 19.1. The second-order valence-corrected chi connectivity index (χ2v) is 7.76. The summed E-state index contributed by atoms with van der Waals surface area (Å²) in [6, 6.07) is 11.7. The van der Waals surface area contributed by atoms with Crippen molar-refractivity contribution in [2.24, 2.45) is 5.92 Å². The molecule has 1 aliphatic rings. The molecule has 0 fully saturated rings. The normalized spacial score (nSPS) is 16.2. The average Bonchev–Trinajstić information content (AvgIpc) is 3.05. The van der Waals surface area contributed by atoms with Crippen molar-refractivity contribution in [3.05, 3.63) is 65.5 Å². The number of ether oxygens (including phenoxy) is 1. The zero-order valence-corrected chi connectivity index (χ0v) is 17.2. The van der Waals surface area contributed by atoms with E-state index < -0.39 is 30.3 Å². The van der Waals surface area contributed by atoms with Crippen LogP contribution in [0.25, 0.3) is 0 Å². The zero-order valence-electron chi connectivity index (χ0n) is 17.2. The number of nitrogens with zero attached hydrogens (tertiary/aromatic N) is 1. The van der Waals surface area contributed by atoms with E-state index >= 15 is 0 Å². The maximum absolute atomic E-state index is 13.1. The number of carbonyl (C=O) groups is 3. The molecule has 6 nitrogen and oxygen atoms in total. The Morgan fingerprint density at radius 2 is 1.80 bits per heavy atom. The molecule has 0 spiro atoms. The van der Waals surface area contributed by atoms with Crippen LogP contribution in [-0.4, -0.2) is 36.5 Å². The number of rotatable bonds is 6. The summed E-state index contributed by atoms with van der Waals surface area (Å²) in [6.45, 7) is 5.06. The van der Waals surface area contributed by atoms with Crippen LogP contribution in [0, 0.1) is 11.7 Å². The summed E-state index contributed by atoms with van der Waals surface area (Å²) in [5.74, 6) is -2.23. The van der Waals surface area contributed by atoms with Crippen LogP contribution < -0.4 is 10.2 Å². The maximum Gasteiger partial charge on any atom is 0.329 e. The molecule has 2 atom stereocenters. The smallest absolute Gasteiger partial charge is 0.329 e. The van der Waals surface area contributed by atoms with Crippen LogP contribution in [0.15, 0.2) is 48.5 Å². The van der Waals surface area contributed by atoms with Crippen molar-refractivity contribution < 1.29 is 23.5 Å². The minimum atomic E-state index is -0.932. The van der Waals surface area contributed by atoms with Gasteiger partial charge in [-0.1, -0.05) is 32.0 Å². The Morgan fingerprint density at radius 3 is 2.47 bits per heavy atom. The Bertz CT molecular complexity index is 942. The third kappa shape index (κ3) is 4.67. The second-order valence-electron chi connectivity index (χ2n) is 7.76. The number of amides is 2. The lowest BCUT2D eigenvalue weighted by molar-refractivity contribution is -0.150. The number of fused-ring (bicyclic) bond motifs is 1. The number of halogens is 1. The molecule has 0 saturated carbocycles. The Morgan fingerprint density at radius 1 is 1.13 bits per heavy atom. The first-order chi connectivity index (χ1) is 14.3. The standard InChI is InChI=1S/C23H25FN2O4/c1-14(2)21(25-22(28)16-8-10-18(24)11-9-16)23(29)30-13-20(27)26-15(3)12-17-6-4-5-7-19(17)26/h4-11,14-15,21H,12-13H2,1-3H3,(H,25,28)/t15?,21-/m1/s1. The summed E-state index contributed by atoms with van der Waals surface area (Å²) in [5, 5.41) is 2.61. The second kappa shape index (κ2) is 9.07. The van der Waals surface area contributed by atoms with Gasteiger partial charge in [-0.2, -0.15) is 0 Å². The van der Waals surface area contributed by atoms with Gasteiger partial charge in [0.05, 0.1) is 0 Å². The van der Waals surface area contributed by atoms with Crippen LogP contribution in [0.2, 0.25) is 0 Å². The first-order valence-electron chi connectivity index (χ1n) is 9.91. The SMILES string of the molecule is CC(C)[C@@H](NC(=O)c1ccc(F)cc1)C(=O)OCC(=O)N1c2ccccc2CC1C. The number of nitrogens with one attached hydrogen (secondary N) is 1. The fourth-order valence-corrected chi connectivity index (χ4v) is 3.56. The van der Waals surface area contributed by atoms with Gasteiger partial charge in [-0.05, 0) is 55.2 Å². The number of carbonyl (C=O) groups excluding carboxylic acids is 3. The predicted octanol–water partition coefficient (Wildman–Crippen LogP) is 3.10. The van der Waals surface area contributed by atoms with Gasteiger partial charge in [-0.3, -0.25) is 9.59 Å². The Balaban J connectivity index is 1.62. The van der Waals surface area contributed by atoms with Crippen molar-refractivity contribution in [3.63, 3.8) is 0 Å². The highest BCUT2D eigenvalue weighted by Crippen LogP contribution is 2.31. The number of para-hydroxylation sites is 1. The molecule has 2 aromatic rings. The van der Waals surface area contributed by atoms with Gasteiger partial charge in [0.2, 0.25) is 0 Å². The topological polar surface area (TPSA) is 75.7 Å². The molecule has 0 radical (unpaired) electrons. The van der Waals surface area contributed by atoms with E-state index in [0.29, 0.717) is 0 Å². The average molecular weight is 412 g/mol. The van der Waals surface area contributed by atoms with Crippen LogP contribution in [0.4, 0.5) is 10.1 Å². The van der Waals surface area contributed by atoms with Crippen LogP contribution in [-0.2, 0) is 20.7 Å². The molecular weight excluding hydrogens is 387 g/mol. The third-order valence-corrected chi connectivity index (χ3v) is 5.13. The van der Waals surface area contributed by atoms with Crippen molar-refractivity contribution in [1.29, 1.82) is 0 Å². The molecule has 0 aliphatic carbocycles. The lowest BCUT2D eigenvalue weighted by Crippen LogP contribution is -2.46. The van der Waals surface area contributed by atoms with E-state index in [4.69, 9.17) is 4.74 Å². The highest BCUT2D eigenvalue weighted by molar-refractivity contribution is 5.99. The summed E-state index contributed by atoms with van der Waals surface area (Å²) >= 11 is 0. The van der Waals surface area contributed by atoms with Crippen molar-refractivity contribution in [3.8, 4) is 0 Å². The molecule has 0 bridgehead atoms. The molecule has 158 valence electrons. The first-order valence-corrected chi connectivity index (χ1v) is 9.91. The summed E-state index contributed by atoms with van der Waals surface area (Å²) < 4.78 is 18.3. The minimum Gasteiger partial charge on any atom is -0.454 e. The molecule has 1 heterocycles. The molecule has 1 N–H and O–H groups in total. The van der Waals surface area contributed by atoms with Gasteiger partial charge in [-0.15, -0.1) is 0 Å². The maximum atomic E-state index is 13.1. The van der Waals surface area contributed by atoms with E-state index in [0.717, 1.165) is 17.7 Å². The lowest BCUT2D eigenvalue weighted by atomic mass is 10.0. The van der Waals surface area contributed by atoms with Gasteiger partial charge in [0, 0.05) is 17.3 Å². The zero-order chi connectivity index (χ0) is 21.8. The van der Waals surface area contributed by atoms with E-state index in [1.807, 2.05) is 31.2 Å². The van der Waals surface area contributed by atoms with Gasteiger partial charge in [0.1, 0.15) is 11.9 Å². The van der Waals surface area contributed by atoms with Crippen LogP contribution in [0.3, 0.4) is 0 Å². The summed E-state index contributed by atoms with van der Waals surface area (Å²) in [5.41, 5.74) is 2.14. The summed E-state index contributed by atoms with van der Waals surface area (Å²) in [7, 11) is 0. The van der Waals surface area contributed by atoms with Crippen LogP contribution in [0.1, 0.15) is 36.7 Å². The van der Waals surface area contributed by atoms with E-state index in [2.05, 4.69) is 5.32 Å². The number of hydrogen-bond donors (Lipinski definition) is 1. The highest BCUT2D eigenvalue weighted by Gasteiger charge is 2.32. The summed E-state index contributed by atoms with van der Waals surface area (Å²) in [6.07, 6.45) is 0.748. The van der Waals surface area contributed by atoms with Gasteiger partial charge in [-0.25, -0.2) is 9.18 Å². The van der Waals surface area contributed by atoms with Crippen molar-refractivity contribution >= 4 is 23.5 Å². The molecule has 7 heteroatoms. The number of benzene rings is 2. The van der Waals surface area contributed by atoms with Crippen molar-refractivity contribution in [1.82, 2.24) is 5.32 Å². The molecule has 3 rings (SSSR count). The van der Waals surface area contributed by atoms with Crippen molar-refractivity contribution in [2.45, 2.75) is 39.3 Å². The van der Waals surface area contributed by atoms with Gasteiger partial charge in [0.25, 0.3) is 11.8 Å². The molecule has 30 heavy (non-hydrogen) atoms. The van der Waals surface area contributed by atoms with Crippen LogP contribution >= 0.6 is 0 Å². The van der Waals surface area contributed by atoms with Gasteiger partial charge < -0.3 is 15.0 Å². The molecule has 2 amide bonds. The Hall–Kier alpha value is -3.22. The van der Waals surface area contributed by atoms with Gasteiger partial charge in [0.15, 0.2) is 6.61 Å².